The second-order valence-corrected chi connectivity index (χ2v) is 8.40. The number of hydrogen-bond donors (Lipinski definition) is 0. The zero-order valence-corrected chi connectivity index (χ0v) is 13.9. The average molecular weight is 320 g/mol. The smallest absolute Gasteiger partial charge is 0.311 e. The van der Waals surface area contributed by atoms with Gasteiger partial charge in [0, 0.05) is 24.0 Å². The lowest BCUT2D eigenvalue weighted by atomic mass is 10.0. The van der Waals surface area contributed by atoms with Gasteiger partial charge in [-0.1, -0.05) is 42.1 Å². The highest BCUT2D eigenvalue weighted by Crippen LogP contribution is 2.66. The van der Waals surface area contributed by atoms with E-state index in [0.29, 0.717) is 0 Å². The topological polar surface area (TPSA) is 35.5 Å². The maximum Gasteiger partial charge on any atom is 0.342 e. The Hall–Kier alpha value is -1.06. The fourth-order valence-corrected chi connectivity index (χ4v) is 5.78. The summed E-state index contributed by atoms with van der Waals surface area (Å²) in [5.41, 5.74) is 2.83. The summed E-state index contributed by atoms with van der Waals surface area (Å²) < 4.78 is 23.7. The highest BCUT2D eigenvalue weighted by molar-refractivity contribution is 7.99. The summed E-state index contributed by atoms with van der Waals surface area (Å²) in [6, 6.07) is 14.2. The van der Waals surface area contributed by atoms with E-state index < -0.39 is 7.60 Å². The molecule has 3 nitrogen and oxygen atoms in total. The molecule has 0 spiro atoms. The van der Waals surface area contributed by atoms with Gasteiger partial charge in [-0.15, -0.1) is 0 Å². The normalized spacial score (nSPS) is 17.2. The Labute approximate surface area is 129 Å². The quantitative estimate of drug-likeness (QED) is 0.743. The van der Waals surface area contributed by atoms with Gasteiger partial charge in [-0.3, -0.25) is 4.57 Å². The van der Waals surface area contributed by atoms with Gasteiger partial charge in [-0.05, 0) is 35.7 Å². The van der Waals surface area contributed by atoms with Crippen molar-refractivity contribution in [1.29, 1.82) is 0 Å². The van der Waals surface area contributed by atoms with Crippen molar-refractivity contribution in [3.63, 3.8) is 0 Å². The summed E-state index contributed by atoms with van der Waals surface area (Å²) in [4.78, 5) is 2.22. The van der Waals surface area contributed by atoms with E-state index in [9.17, 15) is 4.57 Å². The minimum Gasteiger partial charge on any atom is -0.311 e. The lowest BCUT2D eigenvalue weighted by molar-refractivity contribution is 0.269. The molecular formula is C16H17O3PS. The van der Waals surface area contributed by atoms with Crippen molar-refractivity contribution in [3.05, 3.63) is 59.2 Å². The molecule has 0 saturated carbocycles. The van der Waals surface area contributed by atoms with Gasteiger partial charge in [0.15, 0.2) is 0 Å². The molecule has 1 heterocycles. The van der Waals surface area contributed by atoms with Crippen molar-refractivity contribution >= 4 is 19.4 Å². The van der Waals surface area contributed by atoms with Crippen LogP contribution in [0.1, 0.15) is 22.3 Å². The number of aryl methyl sites for hydroxylation is 1. The molecule has 21 heavy (non-hydrogen) atoms. The van der Waals surface area contributed by atoms with Gasteiger partial charge in [0.2, 0.25) is 0 Å². The van der Waals surface area contributed by atoms with Gasteiger partial charge in [-0.2, -0.15) is 0 Å². The van der Waals surface area contributed by atoms with Gasteiger partial charge in [0.25, 0.3) is 0 Å². The monoisotopic (exact) mass is 320 g/mol. The first-order chi connectivity index (χ1) is 10.1. The van der Waals surface area contributed by atoms with Gasteiger partial charge in [0.1, 0.15) is 5.66 Å². The third kappa shape index (κ3) is 2.47. The van der Waals surface area contributed by atoms with E-state index in [4.69, 9.17) is 9.05 Å². The number of fused-ring (bicyclic) bond motifs is 2. The fourth-order valence-electron chi connectivity index (χ4n) is 2.67. The van der Waals surface area contributed by atoms with Gasteiger partial charge in [-0.25, -0.2) is 0 Å². The zero-order valence-electron chi connectivity index (χ0n) is 12.2. The molecule has 0 aliphatic carbocycles. The molecule has 0 fully saturated rings. The standard InChI is InChI=1S/C16H17O3PS/c1-11-8-9-13-15(10-11)21-14-7-5-4-6-12(14)16(13)20(17,18-2)19-3/h4-10,16H,1-3H3. The van der Waals surface area contributed by atoms with Crippen molar-refractivity contribution < 1.29 is 13.6 Å². The molecule has 2 aromatic rings. The third-order valence-corrected chi connectivity index (χ3v) is 7.09. The molecule has 0 radical (unpaired) electrons. The summed E-state index contributed by atoms with van der Waals surface area (Å²) in [6.45, 7) is 2.06. The van der Waals surface area contributed by atoms with E-state index in [1.54, 1.807) is 11.8 Å². The zero-order chi connectivity index (χ0) is 15.0. The highest BCUT2D eigenvalue weighted by atomic mass is 32.2. The summed E-state index contributed by atoms with van der Waals surface area (Å²) in [5.74, 6) is 0. The van der Waals surface area contributed by atoms with Crippen LogP contribution in [-0.4, -0.2) is 14.2 Å². The number of benzene rings is 2. The van der Waals surface area contributed by atoms with Crippen LogP contribution in [0.15, 0.2) is 52.3 Å². The van der Waals surface area contributed by atoms with Crippen LogP contribution >= 0.6 is 19.4 Å². The van der Waals surface area contributed by atoms with E-state index in [1.165, 1.54) is 19.8 Å². The van der Waals surface area contributed by atoms with Crippen LogP contribution in [0, 0.1) is 6.92 Å². The van der Waals surface area contributed by atoms with E-state index in [-0.39, 0.29) is 5.66 Å². The second-order valence-electron chi connectivity index (χ2n) is 4.99. The van der Waals surface area contributed by atoms with E-state index in [0.717, 1.165) is 20.9 Å². The predicted octanol–water partition coefficient (Wildman–Crippen LogP) is 5.03. The van der Waals surface area contributed by atoms with Crippen molar-refractivity contribution in [1.82, 2.24) is 0 Å². The molecule has 1 aliphatic heterocycles. The largest absolute Gasteiger partial charge is 0.342 e. The van der Waals surface area contributed by atoms with Crippen molar-refractivity contribution in [2.45, 2.75) is 22.4 Å². The number of rotatable bonds is 3. The van der Waals surface area contributed by atoms with Crippen LogP contribution in [0.5, 0.6) is 0 Å². The lowest BCUT2D eigenvalue weighted by Gasteiger charge is -2.31. The van der Waals surface area contributed by atoms with E-state index >= 15 is 0 Å². The van der Waals surface area contributed by atoms with Crippen LogP contribution in [0.3, 0.4) is 0 Å². The SMILES string of the molecule is COP(=O)(OC)C1c2ccccc2Sc2cc(C)ccc21. The first-order valence-corrected chi connectivity index (χ1v) is 9.10. The fraction of sp³-hybridized carbons (Fsp3) is 0.250. The number of hydrogen-bond acceptors (Lipinski definition) is 4. The molecule has 3 rings (SSSR count). The van der Waals surface area contributed by atoms with E-state index in [1.807, 2.05) is 36.4 Å². The van der Waals surface area contributed by atoms with Gasteiger partial charge < -0.3 is 9.05 Å². The molecule has 0 aromatic heterocycles. The van der Waals surface area contributed by atoms with Crippen molar-refractivity contribution in [3.8, 4) is 0 Å². The Kier molecular flexibility index (Phi) is 3.98. The van der Waals surface area contributed by atoms with Crippen molar-refractivity contribution in [2.24, 2.45) is 0 Å². The molecule has 0 saturated heterocycles. The molecule has 0 bridgehead atoms. The Morgan fingerprint density at radius 3 is 2.38 bits per heavy atom. The van der Waals surface area contributed by atoms with Crippen LogP contribution < -0.4 is 0 Å². The minimum absolute atomic E-state index is 0.374. The molecule has 2 aromatic carbocycles. The van der Waals surface area contributed by atoms with Crippen LogP contribution in [-0.2, 0) is 13.6 Å². The van der Waals surface area contributed by atoms with Crippen LogP contribution in [0.25, 0.3) is 0 Å². The molecule has 110 valence electrons. The Morgan fingerprint density at radius 1 is 1.00 bits per heavy atom. The Balaban J connectivity index is 2.26. The highest BCUT2D eigenvalue weighted by Gasteiger charge is 2.41. The third-order valence-electron chi connectivity index (χ3n) is 3.72. The van der Waals surface area contributed by atoms with Crippen LogP contribution in [0.4, 0.5) is 0 Å². The first kappa shape index (κ1) is 14.9. The Morgan fingerprint density at radius 2 is 1.67 bits per heavy atom. The molecule has 1 aliphatic rings. The summed E-state index contributed by atoms with van der Waals surface area (Å²) >= 11 is 1.71. The summed E-state index contributed by atoms with van der Waals surface area (Å²) in [7, 11) is -0.356. The maximum atomic E-state index is 13.1. The second kappa shape index (κ2) is 5.62. The van der Waals surface area contributed by atoms with E-state index in [2.05, 4.69) is 13.0 Å². The first-order valence-electron chi connectivity index (χ1n) is 6.67. The Bertz CT molecular complexity index is 721. The molecule has 0 N–H and O–H groups in total. The van der Waals surface area contributed by atoms with Gasteiger partial charge in [0.05, 0.1) is 0 Å². The maximum absolute atomic E-state index is 13.1. The lowest BCUT2D eigenvalue weighted by Crippen LogP contribution is -2.11. The molecule has 0 amide bonds. The molecule has 5 heteroatoms. The molecule has 1 unspecified atom stereocenters. The predicted molar refractivity (Wildman–Crippen MR) is 85.2 cm³/mol. The minimum atomic E-state index is -3.25. The van der Waals surface area contributed by atoms with Gasteiger partial charge >= 0.3 is 7.60 Å². The van der Waals surface area contributed by atoms with Crippen LogP contribution in [0.2, 0.25) is 0 Å². The van der Waals surface area contributed by atoms with Crippen molar-refractivity contribution in [2.75, 3.05) is 14.2 Å². The molecular weight excluding hydrogens is 303 g/mol. The summed E-state index contributed by atoms with van der Waals surface area (Å²) in [5, 5.41) is 0. The summed E-state index contributed by atoms with van der Waals surface area (Å²) in [6.07, 6.45) is 0. The average Bonchev–Trinajstić information content (AvgIpc) is 2.51. The molecule has 1 atom stereocenters.